The second kappa shape index (κ2) is 11.2. The van der Waals surface area contributed by atoms with Gasteiger partial charge in [-0.15, -0.1) is 0 Å². The van der Waals surface area contributed by atoms with Crippen molar-refractivity contribution in [1.82, 2.24) is 0 Å². The molecular weight excluding hydrogens is 458 g/mol. The number of para-hydroxylation sites is 1. The number of aliphatic carboxylic acids is 1. The molecule has 3 rings (SSSR count). The molecule has 176 valence electrons. The van der Waals surface area contributed by atoms with E-state index in [1.54, 1.807) is 60.7 Å². The summed E-state index contributed by atoms with van der Waals surface area (Å²) in [6.45, 7) is -0.0706. The lowest BCUT2D eigenvalue weighted by Gasteiger charge is -2.17. The number of anilines is 2. The first-order valence-electron chi connectivity index (χ1n) is 10.2. The molecule has 8 N–H and O–H groups in total. The predicted octanol–water partition coefficient (Wildman–Crippen LogP) is 3.41. The SMILES string of the molecule is N=C(N)c1ccc(NC(=O)c2cc(Cl)ccc2NCc2cccc(CN)c2OCC(=O)O)cc1. The number of carbonyl (C=O) groups is 2. The van der Waals surface area contributed by atoms with Crippen molar-refractivity contribution < 1.29 is 19.4 Å². The highest BCUT2D eigenvalue weighted by Gasteiger charge is 2.15. The topological polar surface area (TPSA) is 164 Å². The number of carboxylic acids is 1. The van der Waals surface area contributed by atoms with E-state index in [4.69, 9.17) is 38.3 Å². The van der Waals surface area contributed by atoms with Gasteiger partial charge in [-0.25, -0.2) is 4.79 Å². The molecule has 3 aromatic carbocycles. The molecule has 0 aromatic heterocycles. The van der Waals surface area contributed by atoms with Crippen LogP contribution in [-0.4, -0.2) is 29.4 Å². The second-order valence-electron chi connectivity index (χ2n) is 7.28. The van der Waals surface area contributed by atoms with Gasteiger partial charge in [0.15, 0.2) is 6.61 Å². The van der Waals surface area contributed by atoms with Crippen molar-refractivity contribution in [1.29, 1.82) is 5.41 Å². The van der Waals surface area contributed by atoms with Crippen LogP contribution < -0.4 is 26.8 Å². The van der Waals surface area contributed by atoms with Gasteiger partial charge in [-0.1, -0.05) is 29.8 Å². The quantitative estimate of drug-likeness (QED) is 0.191. The number of ether oxygens (including phenoxy) is 1. The molecule has 10 heteroatoms. The number of nitrogens with one attached hydrogen (secondary N) is 3. The maximum absolute atomic E-state index is 13.0. The molecule has 0 unspecified atom stereocenters. The number of benzene rings is 3. The number of hydrogen-bond donors (Lipinski definition) is 6. The largest absolute Gasteiger partial charge is 0.481 e. The molecule has 0 aliphatic rings. The molecule has 0 saturated heterocycles. The normalized spacial score (nSPS) is 10.4. The van der Waals surface area contributed by atoms with Gasteiger partial charge in [0, 0.05) is 46.2 Å². The van der Waals surface area contributed by atoms with Crippen molar-refractivity contribution >= 4 is 40.7 Å². The number of nitrogen functional groups attached to an aromatic ring is 1. The van der Waals surface area contributed by atoms with Gasteiger partial charge in [0.25, 0.3) is 5.91 Å². The van der Waals surface area contributed by atoms with Gasteiger partial charge in [0.1, 0.15) is 11.6 Å². The molecule has 0 fully saturated rings. The van der Waals surface area contributed by atoms with Gasteiger partial charge in [-0.3, -0.25) is 10.2 Å². The number of rotatable bonds is 10. The first-order valence-corrected chi connectivity index (χ1v) is 10.6. The molecule has 0 saturated carbocycles. The number of carbonyl (C=O) groups excluding carboxylic acids is 1. The van der Waals surface area contributed by atoms with Gasteiger partial charge in [0.05, 0.1) is 5.56 Å². The van der Waals surface area contributed by atoms with Crippen molar-refractivity contribution in [2.75, 3.05) is 17.2 Å². The van der Waals surface area contributed by atoms with E-state index in [9.17, 15) is 9.59 Å². The maximum atomic E-state index is 13.0. The third kappa shape index (κ3) is 6.25. The Bertz CT molecular complexity index is 1210. The van der Waals surface area contributed by atoms with Crippen molar-refractivity contribution in [2.24, 2.45) is 11.5 Å². The summed E-state index contributed by atoms with van der Waals surface area (Å²) in [4.78, 5) is 23.9. The Morgan fingerprint density at radius 3 is 2.41 bits per heavy atom. The average Bonchev–Trinajstić information content (AvgIpc) is 2.82. The zero-order chi connectivity index (χ0) is 24.7. The van der Waals surface area contributed by atoms with Crippen LogP contribution in [0.3, 0.4) is 0 Å². The number of amidine groups is 1. The smallest absolute Gasteiger partial charge is 0.341 e. The third-order valence-corrected chi connectivity index (χ3v) is 5.12. The highest BCUT2D eigenvalue weighted by molar-refractivity contribution is 6.31. The molecule has 3 aromatic rings. The van der Waals surface area contributed by atoms with E-state index >= 15 is 0 Å². The Kier molecular flexibility index (Phi) is 8.07. The number of halogens is 1. The van der Waals surface area contributed by atoms with E-state index < -0.39 is 18.5 Å². The second-order valence-corrected chi connectivity index (χ2v) is 7.72. The lowest BCUT2D eigenvalue weighted by molar-refractivity contribution is -0.139. The minimum absolute atomic E-state index is 0.0652. The summed E-state index contributed by atoms with van der Waals surface area (Å²) in [6.07, 6.45) is 0. The van der Waals surface area contributed by atoms with Crippen LogP contribution in [0.4, 0.5) is 11.4 Å². The van der Waals surface area contributed by atoms with Gasteiger partial charge in [0.2, 0.25) is 0 Å². The van der Waals surface area contributed by atoms with E-state index in [0.29, 0.717) is 44.4 Å². The molecule has 0 atom stereocenters. The van der Waals surface area contributed by atoms with Gasteiger partial charge in [-0.2, -0.15) is 0 Å². The number of amides is 1. The van der Waals surface area contributed by atoms with Crippen LogP contribution in [0.5, 0.6) is 5.75 Å². The highest BCUT2D eigenvalue weighted by Crippen LogP contribution is 2.27. The van der Waals surface area contributed by atoms with E-state index in [0.717, 1.165) is 0 Å². The first kappa shape index (κ1) is 24.6. The summed E-state index contributed by atoms with van der Waals surface area (Å²) in [6, 6.07) is 16.8. The summed E-state index contributed by atoms with van der Waals surface area (Å²) < 4.78 is 5.47. The van der Waals surface area contributed by atoms with Crippen LogP contribution in [0.2, 0.25) is 5.02 Å². The van der Waals surface area contributed by atoms with Crippen LogP contribution in [-0.2, 0) is 17.9 Å². The van der Waals surface area contributed by atoms with E-state index in [-0.39, 0.29) is 18.9 Å². The molecule has 1 amide bonds. The van der Waals surface area contributed by atoms with E-state index in [1.165, 1.54) is 0 Å². The zero-order valence-electron chi connectivity index (χ0n) is 18.1. The fourth-order valence-corrected chi connectivity index (χ4v) is 3.41. The van der Waals surface area contributed by atoms with Gasteiger partial charge >= 0.3 is 5.97 Å². The fourth-order valence-electron chi connectivity index (χ4n) is 3.24. The minimum Gasteiger partial charge on any atom is -0.481 e. The summed E-state index contributed by atoms with van der Waals surface area (Å²) >= 11 is 6.14. The minimum atomic E-state index is -1.10. The third-order valence-electron chi connectivity index (χ3n) is 4.89. The monoisotopic (exact) mass is 481 g/mol. The fraction of sp³-hybridized carbons (Fsp3) is 0.125. The molecule has 0 bridgehead atoms. The average molecular weight is 482 g/mol. The van der Waals surface area contributed by atoms with Gasteiger partial charge in [-0.05, 0) is 42.5 Å². The Balaban J connectivity index is 1.81. The van der Waals surface area contributed by atoms with E-state index in [1.807, 2.05) is 0 Å². The Morgan fingerprint density at radius 2 is 1.76 bits per heavy atom. The highest BCUT2D eigenvalue weighted by atomic mass is 35.5. The summed E-state index contributed by atoms with van der Waals surface area (Å²) in [5.74, 6) is -1.16. The van der Waals surface area contributed by atoms with Crippen molar-refractivity contribution in [2.45, 2.75) is 13.1 Å². The molecule has 0 heterocycles. The molecule has 0 aliphatic carbocycles. The van der Waals surface area contributed by atoms with Crippen LogP contribution in [0.25, 0.3) is 0 Å². The van der Waals surface area contributed by atoms with Crippen LogP contribution in [0.1, 0.15) is 27.0 Å². The lowest BCUT2D eigenvalue weighted by Crippen LogP contribution is -2.16. The zero-order valence-corrected chi connectivity index (χ0v) is 18.9. The molecule has 9 nitrogen and oxygen atoms in total. The lowest BCUT2D eigenvalue weighted by atomic mass is 10.1. The molecule has 0 aliphatic heterocycles. The van der Waals surface area contributed by atoms with Gasteiger partial charge < -0.3 is 31.9 Å². The molecule has 0 spiro atoms. The van der Waals surface area contributed by atoms with Crippen molar-refractivity contribution in [3.63, 3.8) is 0 Å². The number of nitrogens with two attached hydrogens (primary N) is 2. The number of hydrogen-bond acceptors (Lipinski definition) is 6. The molecule has 34 heavy (non-hydrogen) atoms. The van der Waals surface area contributed by atoms with Crippen LogP contribution in [0, 0.1) is 5.41 Å². The number of carboxylic acid groups (broad SMARTS) is 1. The first-order chi connectivity index (χ1) is 16.3. The summed E-state index contributed by atoms with van der Waals surface area (Å²) in [5, 5.41) is 22.8. The summed E-state index contributed by atoms with van der Waals surface area (Å²) in [5.41, 5.74) is 14.5. The molecule has 0 radical (unpaired) electrons. The molecular formula is C24H24ClN5O4. The Morgan fingerprint density at radius 1 is 1.06 bits per heavy atom. The Labute approximate surface area is 201 Å². The van der Waals surface area contributed by atoms with Crippen molar-refractivity contribution in [3.05, 3.63) is 87.9 Å². The standard InChI is InChI=1S/C24H24ClN5O4/c25-17-6-9-20(19(10-17)24(33)30-18-7-4-14(5-8-18)23(27)28)29-12-16-3-1-2-15(11-26)22(16)34-13-21(31)32/h1-10,29H,11-13,26H2,(H3,27,28)(H,30,33)(H,31,32). The Hall–Kier alpha value is -4.08. The summed E-state index contributed by atoms with van der Waals surface area (Å²) in [7, 11) is 0. The van der Waals surface area contributed by atoms with E-state index in [2.05, 4.69) is 10.6 Å². The van der Waals surface area contributed by atoms with Crippen molar-refractivity contribution in [3.8, 4) is 5.75 Å². The van der Waals surface area contributed by atoms with Crippen LogP contribution >= 0.6 is 11.6 Å². The predicted molar refractivity (Wildman–Crippen MR) is 132 cm³/mol. The maximum Gasteiger partial charge on any atom is 0.341 e. The van der Waals surface area contributed by atoms with Crippen LogP contribution in [0.15, 0.2) is 60.7 Å².